The molecule has 2 aromatic carbocycles. The lowest BCUT2D eigenvalue weighted by molar-refractivity contribution is -0.113. The standard InChI is InChI=1S/C20H20N4O4S/c1-13-21-18(24-28-13)11-29-12-19(25)23-17-9-4-3-8-16(17)20(26)22-14-6-5-7-15(10-14)27-2/h3-10H,11-12H2,1-2H3,(H,22,26)(H,23,25). The highest BCUT2D eigenvalue weighted by Gasteiger charge is 2.14. The number of amides is 2. The van der Waals surface area contributed by atoms with Gasteiger partial charge in [0.25, 0.3) is 5.91 Å². The largest absolute Gasteiger partial charge is 0.497 e. The monoisotopic (exact) mass is 412 g/mol. The third-order valence-corrected chi connectivity index (χ3v) is 4.74. The average molecular weight is 412 g/mol. The van der Waals surface area contributed by atoms with E-state index in [1.165, 1.54) is 11.8 Å². The Hall–Kier alpha value is -3.33. The molecule has 0 unspecified atom stereocenters. The number of hydrogen-bond donors (Lipinski definition) is 2. The number of nitrogens with one attached hydrogen (secondary N) is 2. The lowest BCUT2D eigenvalue weighted by Crippen LogP contribution is -2.19. The van der Waals surface area contributed by atoms with Crippen molar-refractivity contribution in [1.82, 2.24) is 10.1 Å². The van der Waals surface area contributed by atoms with Crippen LogP contribution in [0.3, 0.4) is 0 Å². The molecule has 0 saturated carbocycles. The number of carbonyl (C=O) groups excluding carboxylic acids is 2. The van der Waals surface area contributed by atoms with E-state index in [1.807, 2.05) is 0 Å². The molecular weight excluding hydrogens is 392 g/mol. The zero-order valence-electron chi connectivity index (χ0n) is 16.0. The van der Waals surface area contributed by atoms with Crippen molar-refractivity contribution in [2.24, 2.45) is 0 Å². The molecule has 8 nitrogen and oxygen atoms in total. The molecule has 3 rings (SSSR count). The molecule has 0 fully saturated rings. The van der Waals surface area contributed by atoms with Crippen molar-refractivity contribution in [3.05, 3.63) is 65.8 Å². The van der Waals surface area contributed by atoms with Gasteiger partial charge in [0.05, 0.1) is 29.9 Å². The first-order valence-electron chi connectivity index (χ1n) is 8.76. The molecule has 9 heteroatoms. The number of aromatic nitrogens is 2. The van der Waals surface area contributed by atoms with Crippen LogP contribution in [-0.4, -0.2) is 34.8 Å². The van der Waals surface area contributed by atoms with Crippen LogP contribution in [0.4, 0.5) is 11.4 Å². The number of para-hydroxylation sites is 1. The summed E-state index contributed by atoms with van der Waals surface area (Å²) in [6, 6.07) is 13.9. The summed E-state index contributed by atoms with van der Waals surface area (Å²) < 4.78 is 10.1. The van der Waals surface area contributed by atoms with Gasteiger partial charge in [-0.3, -0.25) is 9.59 Å². The van der Waals surface area contributed by atoms with E-state index in [4.69, 9.17) is 9.26 Å². The number of nitrogens with zero attached hydrogens (tertiary/aromatic N) is 2. The van der Waals surface area contributed by atoms with Crippen LogP contribution < -0.4 is 15.4 Å². The van der Waals surface area contributed by atoms with Crippen LogP contribution in [0.5, 0.6) is 5.75 Å². The van der Waals surface area contributed by atoms with Gasteiger partial charge in [0.2, 0.25) is 11.8 Å². The number of anilines is 2. The number of carbonyl (C=O) groups is 2. The molecule has 150 valence electrons. The van der Waals surface area contributed by atoms with E-state index < -0.39 is 0 Å². The van der Waals surface area contributed by atoms with Crippen LogP contribution in [0, 0.1) is 6.92 Å². The molecule has 0 aliphatic heterocycles. The molecule has 3 aromatic rings. The van der Waals surface area contributed by atoms with Crippen molar-refractivity contribution >= 4 is 35.0 Å². The van der Waals surface area contributed by atoms with E-state index in [0.29, 0.717) is 40.2 Å². The summed E-state index contributed by atoms with van der Waals surface area (Å²) in [7, 11) is 1.56. The Balaban J connectivity index is 1.60. The predicted octanol–water partition coefficient (Wildman–Crippen LogP) is 3.51. The minimum absolute atomic E-state index is 0.194. The Morgan fingerprint density at radius 2 is 1.97 bits per heavy atom. The molecule has 0 saturated heterocycles. The molecular formula is C20H20N4O4S. The maximum Gasteiger partial charge on any atom is 0.257 e. The van der Waals surface area contributed by atoms with Crippen molar-refractivity contribution in [3.8, 4) is 5.75 Å². The van der Waals surface area contributed by atoms with Gasteiger partial charge in [-0.1, -0.05) is 23.4 Å². The highest BCUT2D eigenvalue weighted by atomic mass is 32.2. The summed E-state index contributed by atoms with van der Waals surface area (Å²) in [4.78, 5) is 29.1. The quantitative estimate of drug-likeness (QED) is 0.583. The topological polar surface area (TPSA) is 106 Å². The van der Waals surface area contributed by atoms with Crippen molar-refractivity contribution in [2.45, 2.75) is 12.7 Å². The van der Waals surface area contributed by atoms with Gasteiger partial charge in [0.1, 0.15) is 5.75 Å². The van der Waals surface area contributed by atoms with E-state index in [-0.39, 0.29) is 17.6 Å². The summed E-state index contributed by atoms with van der Waals surface area (Å²) in [5, 5.41) is 9.38. The maximum absolute atomic E-state index is 12.7. The molecule has 0 radical (unpaired) electrons. The third kappa shape index (κ3) is 5.82. The van der Waals surface area contributed by atoms with Crippen LogP contribution in [0.2, 0.25) is 0 Å². The SMILES string of the molecule is COc1cccc(NC(=O)c2ccccc2NC(=O)CSCc2noc(C)n2)c1. The number of benzene rings is 2. The van der Waals surface area contributed by atoms with Crippen molar-refractivity contribution in [1.29, 1.82) is 0 Å². The van der Waals surface area contributed by atoms with E-state index in [9.17, 15) is 9.59 Å². The van der Waals surface area contributed by atoms with Crippen LogP contribution in [0.25, 0.3) is 0 Å². The molecule has 0 aliphatic rings. The second-order valence-corrected chi connectivity index (χ2v) is 6.99. The van der Waals surface area contributed by atoms with Crippen molar-refractivity contribution in [3.63, 3.8) is 0 Å². The first-order chi connectivity index (χ1) is 14.0. The van der Waals surface area contributed by atoms with E-state index in [1.54, 1.807) is 62.6 Å². The lowest BCUT2D eigenvalue weighted by Gasteiger charge is -2.12. The fourth-order valence-electron chi connectivity index (χ4n) is 2.51. The van der Waals surface area contributed by atoms with E-state index in [2.05, 4.69) is 20.8 Å². The molecule has 0 spiro atoms. The zero-order valence-corrected chi connectivity index (χ0v) is 16.8. The summed E-state index contributed by atoms with van der Waals surface area (Å²) >= 11 is 1.36. The minimum atomic E-state index is -0.330. The smallest absolute Gasteiger partial charge is 0.257 e. The van der Waals surface area contributed by atoms with Crippen LogP contribution in [0.1, 0.15) is 22.1 Å². The second-order valence-electron chi connectivity index (χ2n) is 6.00. The fourth-order valence-corrected chi connectivity index (χ4v) is 3.17. The Morgan fingerprint density at radius 1 is 1.14 bits per heavy atom. The summed E-state index contributed by atoms with van der Waals surface area (Å²) in [5.74, 6) is 1.76. The molecule has 0 atom stereocenters. The summed E-state index contributed by atoms with van der Waals surface area (Å²) in [6.45, 7) is 1.71. The first-order valence-corrected chi connectivity index (χ1v) is 9.92. The van der Waals surface area contributed by atoms with Gasteiger partial charge in [0.15, 0.2) is 5.82 Å². The Labute approximate surface area is 172 Å². The Morgan fingerprint density at radius 3 is 2.72 bits per heavy atom. The van der Waals surface area contributed by atoms with E-state index in [0.717, 1.165) is 0 Å². The van der Waals surface area contributed by atoms with Gasteiger partial charge in [0, 0.05) is 18.7 Å². The molecule has 0 aliphatic carbocycles. The average Bonchev–Trinajstić information content (AvgIpc) is 3.13. The Bertz CT molecular complexity index is 1010. The van der Waals surface area contributed by atoms with Gasteiger partial charge in [-0.25, -0.2) is 0 Å². The lowest BCUT2D eigenvalue weighted by atomic mass is 10.1. The zero-order chi connectivity index (χ0) is 20.6. The second kappa shape index (κ2) is 9.74. The molecule has 2 amide bonds. The number of methoxy groups -OCH3 is 1. The third-order valence-electron chi connectivity index (χ3n) is 3.81. The van der Waals surface area contributed by atoms with Crippen molar-refractivity contribution in [2.75, 3.05) is 23.5 Å². The van der Waals surface area contributed by atoms with Crippen LogP contribution in [-0.2, 0) is 10.5 Å². The molecule has 2 N–H and O–H groups in total. The Kier molecular flexibility index (Phi) is 6.85. The van der Waals surface area contributed by atoms with Crippen LogP contribution in [0.15, 0.2) is 53.1 Å². The molecule has 29 heavy (non-hydrogen) atoms. The maximum atomic E-state index is 12.7. The van der Waals surface area contributed by atoms with Gasteiger partial charge in [-0.2, -0.15) is 4.98 Å². The predicted molar refractivity (Wildman–Crippen MR) is 111 cm³/mol. The van der Waals surface area contributed by atoms with Gasteiger partial charge >= 0.3 is 0 Å². The fraction of sp³-hybridized carbons (Fsp3) is 0.200. The number of hydrogen-bond acceptors (Lipinski definition) is 7. The highest BCUT2D eigenvalue weighted by Crippen LogP contribution is 2.21. The first kappa shape index (κ1) is 20.4. The molecule has 0 bridgehead atoms. The molecule has 1 aromatic heterocycles. The van der Waals surface area contributed by atoms with Gasteiger partial charge < -0.3 is 19.9 Å². The van der Waals surface area contributed by atoms with Gasteiger partial charge in [-0.05, 0) is 24.3 Å². The van der Waals surface area contributed by atoms with Crippen molar-refractivity contribution < 1.29 is 18.8 Å². The number of rotatable bonds is 8. The number of ether oxygens (including phenoxy) is 1. The van der Waals surface area contributed by atoms with E-state index >= 15 is 0 Å². The number of thioether (sulfide) groups is 1. The number of aryl methyl sites for hydroxylation is 1. The van der Waals surface area contributed by atoms with Crippen LogP contribution >= 0.6 is 11.8 Å². The minimum Gasteiger partial charge on any atom is -0.497 e. The normalized spacial score (nSPS) is 10.4. The molecule has 1 heterocycles. The van der Waals surface area contributed by atoms with Gasteiger partial charge in [-0.15, -0.1) is 11.8 Å². The summed E-state index contributed by atoms with van der Waals surface area (Å²) in [5.41, 5.74) is 1.40. The summed E-state index contributed by atoms with van der Waals surface area (Å²) in [6.07, 6.45) is 0. The highest BCUT2D eigenvalue weighted by molar-refractivity contribution is 7.99.